The van der Waals surface area contributed by atoms with Gasteiger partial charge < -0.3 is 15.8 Å². The molecule has 1 aromatic carbocycles. The van der Waals surface area contributed by atoms with Crippen molar-refractivity contribution in [3.63, 3.8) is 0 Å². The fourth-order valence-corrected chi connectivity index (χ4v) is 1.53. The summed E-state index contributed by atoms with van der Waals surface area (Å²) in [5.41, 5.74) is 8.81. The van der Waals surface area contributed by atoms with Gasteiger partial charge in [-0.1, -0.05) is 6.07 Å². The maximum atomic E-state index is 9.37. The highest BCUT2D eigenvalue weighted by Gasteiger charge is 2.15. The summed E-state index contributed by atoms with van der Waals surface area (Å²) in [6, 6.07) is 5.50. The van der Waals surface area contributed by atoms with Crippen molar-refractivity contribution in [1.29, 1.82) is 0 Å². The Bertz CT molecular complexity index is 476. The lowest BCUT2D eigenvalue weighted by molar-refractivity contribution is 0.161. The molecule has 0 aliphatic carbocycles. The molecular formula is C11H15N3O. The first-order valence-electron chi connectivity index (χ1n) is 4.98. The van der Waals surface area contributed by atoms with Crippen LogP contribution in [0.25, 0.3) is 11.0 Å². The van der Waals surface area contributed by atoms with Crippen LogP contribution in [0.5, 0.6) is 0 Å². The third kappa shape index (κ3) is 1.86. The first-order valence-corrected chi connectivity index (χ1v) is 4.98. The molecule has 2 aromatic rings. The van der Waals surface area contributed by atoms with Crippen LogP contribution < -0.4 is 5.73 Å². The van der Waals surface area contributed by atoms with Gasteiger partial charge in [0.25, 0.3) is 0 Å². The topological polar surface area (TPSA) is 74.9 Å². The summed E-state index contributed by atoms with van der Waals surface area (Å²) < 4.78 is 0. The van der Waals surface area contributed by atoms with E-state index in [1.165, 1.54) is 5.56 Å². The minimum absolute atomic E-state index is 0.460. The summed E-state index contributed by atoms with van der Waals surface area (Å²) in [4.78, 5) is 7.46. The summed E-state index contributed by atoms with van der Waals surface area (Å²) in [5.74, 6) is 0.630. The number of nitrogens with two attached hydrogens (primary N) is 1. The van der Waals surface area contributed by atoms with E-state index in [1.54, 1.807) is 6.92 Å². The van der Waals surface area contributed by atoms with Crippen LogP contribution in [-0.4, -0.2) is 21.2 Å². The molecule has 0 aliphatic rings. The Morgan fingerprint density at radius 3 is 2.87 bits per heavy atom. The highest BCUT2D eigenvalue weighted by molar-refractivity contribution is 5.75. The molecule has 2 unspecified atom stereocenters. The average molecular weight is 205 g/mol. The van der Waals surface area contributed by atoms with Crippen LogP contribution in [0.1, 0.15) is 24.4 Å². The van der Waals surface area contributed by atoms with E-state index in [0.29, 0.717) is 5.82 Å². The number of hydrogen-bond acceptors (Lipinski definition) is 3. The summed E-state index contributed by atoms with van der Waals surface area (Å²) in [5, 5.41) is 9.37. The van der Waals surface area contributed by atoms with Crippen molar-refractivity contribution in [2.75, 3.05) is 0 Å². The van der Waals surface area contributed by atoms with E-state index >= 15 is 0 Å². The van der Waals surface area contributed by atoms with Gasteiger partial charge in [-0.15, -0.1) is 0 Å². The number of rotatable bonds is 2. The molecule has 0 saturated carbocycles. The molecule has 0 spiro atoms. The molecule has 1 heterocycles. The Kier molecular flexibility index (Phi) is 2.46. The first-order chi connectivity index (χ1) is 7.08. The largest absolute Gasteiger partial charge is 0.391 e. The molecule has 0 radical (unpaired) electrons. The van der Waals surface area contributed by atoms with Crippen molar-refractivity contribution in [3.05, 3.63) is 29.6 Å². The van der Waals surface area contributed by atoms with Crippen molar-refractivity contribution >= 4 is 11.0 Å². The molecule has 4 N–H and O–H groups in total. The fraction of sp³-hybridized carbons (Fsp3) is 0.364. The Balaban J connectivity index is 2.47. The quantitative estimate of drug-likeness (QED) is 0.690. The predicted molar refractivity (Wildman–Crippen MR) is 59.4 cm³/mol. The van der Waals surface area contributed by atoms with Crippen LogP contribution in [0.4, 0.5) is 0 Å². The molecule has 0 fully saturated rings. The average Bonchev–Trinajstić information content (AvgIpc) is 2.58. The Morgan fingerprint density at radius 2 is 2.20 bits per heavy atom. The summed E-state index contributed by atoms with van der Waals surface area (Å²) in [6.45, 7) is 3.68. The molecule has 15 heavy (non-hydrogen) atoms. The van der Waals surface area contributed by atoms with Gasteiger partial charge in [0.2, 0.25) is 0 Å². The summed E-state index contributed by atoms with van der Waals surface area (Å²) >= 11 is 0. The molecule has 0 saturated heterocycles. The maximum absolute atomic E-state index is 9.37. The number of hydrogen-bond donors (Lipinski definition) is 3. The van der Waals surface area contributed by atoms with Gasteiger partial charge in [0, 0.05) is 0 Å². The number of H-pyrrole nitrogens is 1. The van der Waals surface area contributed by atoms with E-state index < -0.39 is 12.1 Å². The second-order valence-corrected chi connectivity index (χ2v) is 3.91. The molecule has 2 atom stereocenters. The number of aryl methyl sites for hydroxylation is 1. The number of fused-ring (bicyclic) bond motifs is 1. The van der Waals surface area contributed by atoms with Gasteiger partial charge in [0.05, 0.1) is 23.2 Å². The number of aromatic nitrogens is 2. The number of nitrogens with one attached hydrogen (secondary N) is 1. The molecule has 80 valence electrons. The maximum Gasteiger partial charge on any atom is 0.126 e. The van der Waals surface area contributed by atoms with Crippen molar-refractivity contribution in [2.45, 2.75) is 26.0 Å². The lowest BCUT2D eigenvalue weighted by Gasteiger charge is -2.10. The van der Waals surface area contributed by atoms with Crippen LogP contribution in [0, 0.1) is 6.92 Å². The molecule has 4 nitrogen and oxygen atoms in total. The van der Waals surface area contributed by atoms with Crippen molar-refractivity contribution in [1.82, 2.24) is 9.97 Å². The van der Waals surface area contributed by atoms with Gasteiger partial charge in [0.15, 0.2) is 0 Å². The number of aliphatic hydroxyl groups excluding tert-OH is 1. The smallest absolute Gasteiger partial charge is 0.126 e. The second kappa shape index (κ2) is 3.64. The molecular weight excluding hydrogens is 190 g/mol. The van der Waals surface area contributed by atoms with Crippen LogP contribution in [0.3, 0.4) is 0 Å². The zero-order valence-corrected chi connectivity index (χ0v) is 8.86. The molecule has 0 amide bonds. The van der Waals surface area contributed by atoms with Gasteiger partial charge in [-0.25, -0.2) is 4.98 Å². The second-order valence-electron chi connectivity index (χ2n) is 3.91. The van der Waals surface area contributed by atoms with E-state index in [4.69, 9.17) is 5.73 Å². The molecule has 1 aromatic heterocycles. The van der Waals surface area contributed by atoms with E-state index in [0.717, 1.165) is 11.0 Å². The van der Waals surface area contributed by atoms with E-state index in [2.05, 4.69) is 9.97 Å². The third-order valence-corrected chi connectivity index (χ3v) is 2.49. The van der Waals surface area contributed by atoms with Crippen LogP contribution in [0.15, 0.2) is 18.2 Å². The van der Waals surface area contributed by atoms with E-state index in [-0.39, 0.29) is 0 Å². The van der Waals surface area contributed by atoms with Crippen molar-refractivity contribution in [2.24, 2.45) is 5.73 Å². The lowest BCUT2D eigenvalue weighted by atomic mass is 10.2. The number of imidazole rings is 1. The Morgan fingerprint density at radius 1 is 1.47 bits per heavy atom. The SMILES string of the molecule is Cc1ccc2nc(C(N)C(C)O)[nH]c2c1. The standard InChI is InChI=1S/C11H15N3O/c1-6-3-4-8-9(5-6)14-11(13-8)10(12)7(2)15/h3-5,7,10,15H,12H2,1-2H3,(H,13,14). The zero-order chi connectivity index (χ0) is 11.0. The Labute approximate surface area is 88.1 Å². The van der Waals surface area contributed by atoms with Gasteiger partial charge in [-0.05, 0) is 31.5 Å². The highest BCUT2D eigenvalue weighted by Crippen LogP contribution is 2.17. The van der Waals surface area contributed by atoms with E-state index in [1.807, 2.05) is 25.1 Å². The number of nitrogens with zero attached hydrogens (tertiary/aromatic N) is 1. The Hall–Kier alpha value is -1.39. The molecule has 0 aliphatic heterocycles. The predicted octanol–water partition coefficient (Wildman–Crippen LogP) is 1.25. The van der Waals surface area contributed by atoms with Crippen LogP contribution in [0.2, 0.25) is 0 Å². The van der Waals surface area contributed by atoms with Crippen LogP contribution >= 0.6 is 0 Å². The first kappa shape index (κ1) is 10.1. The summed E-state index contributed by atoms with van der Waals surface area (Å²) in [6.07, 6.45) is -0.605. The summed E-state index contributed by atoms with van der Waals surface area (Å²) in [7, 11) is 0. The van der Waals surface area contributed by atoms with E-state index in [9.17, 15) is 5.11 Å². The fourth-order valence-electron chi connectivity index (χ4n) is 1.53. The molecule has 4 heteroatoms. The molecule has 0 bridgehead atoms. The van der Waals surface area contributed by atoms with Crippen LogP contribution in [-0.2, 0) is 0 Å². The van der Waals surface area contributed by atoms with Gasteiger partial charge in [0.1, 0.15) is 5.82 Å². The highest BCUT2D eigenvalue weighted by atomic mass is 16.3. The number of aromatic amines is 1. The monoisotopic (exact) mass is 205 g/mol. The van der Waals surface area contributed by atoms with Crippen molar-refractivity contribution in [3.8, 4) is 0 Å². The van der Waals surface area contributed by atoms with Crippen molar-refractivity contribution < 1.29 is 5.11 Å². The zero-order valence-electron chi connectivity index (χ0n) is 8.86. The normalized spacial score (nSPS) is 15.5. The minimum atomic E-state index is -0.605. The number of aliphatic hydroxyl groups is 1. The molecule has 2 rings (SSSR count). The third-order valence-electron chi connectivity index (χ3n) is 2.49. The minimum Gasteiger partial charge on any atom is -0.391 e. The lowest BCUT2D eigenvalue weighted by Crippen LogP contribution is -2.24. The van der Waals surface area contributed by atoms with Gasteiger partial charge in [-0.2, -0.15) is 0 Å². The number of benzene rings is 1. The van der Waals surface area contributed by atoms with Gasteiger partial charge in [-0.3, -0.25) is 0 Å². The van der Waals surface area contributed by atoms with Gasteiger partial charge >= 0.3 is 0 Å².